The summed E-state index contributed by atoms with van der Waals surface area (Å²) < 4.78 is 8.36. The van der Waals surface area contributed by atoms with Crippen molar-refractivity contribution in [1.29, 1.82) is 0 Å². The molecule has 0 saturated heterocycles. The summed E-state index contributed by atoms with van der Waals surface area (Å²) in [5.41, 5.74) is 3.67. The second kappa shape index (κ2) is 8.13. The number of aromatic nitrogens is 4. The first-order chi connectivity index (χ1) is 13.8. The highest BCUT2D eigenvalue weighted by Gasteiger charge is 2.19. The average molecular weight is 398 g/mol. The molecule has 0 aliphatic rings. The molecule has 0 atom stereocenters. The molecule has 1 N–H and O–H groups in total. The van der Waals surface area contributed by atoms with E-state index in [0.717, 1.165) is 17.0 Å². The lowest BCUT2D eigenvalue weighted by molar-refractivity contribution is -0.389. The summed E-state index contributed by atoms with van der Waals surface area (Å²) in [7, 11) is 1.62. The van der Waals surface area contributed by atoms with E-state index < -0.39 is 4.92 Å². The van der Waals surface area contributed by atoms with Gasteiger partial charge in [-0.05, 0) is 43.4 Å². The summed E-state index contributed by atoms with van der Waals surface area (Å²) in [5, 5.41) is 22.0. The third-order valence-corrected chi connectivity index (χ3v) is 4.56. The van der Waals surface area contributed by atoms with Gasteiger partial charge in [-0.15, -0.1) is 0 Å². The van der Waals surface area contributed by atoms with Crippen LogP contribution >= 0.6 is 0 Å². The van der Waals surface area contributed by atoms with Gasteiger partial charge in [0.05, 0.1) is 47.6 Å². The Bertz CT molecular complexity index is 1070. The molecule has 10 nitrogen and oxygen atoms in total. The Labute approximate surface area is 167 Å². The molecule has 1 aromatic carbocycles. The number of hydrogen-bond acceptors (Lipinski definition) is 6. The summed E-state index contributed by atoms with van der Waals surface area (Å²) in [6, 6.07) is 9.02. The number of nitrogens with zero attached hydrogens (tertiary/aromatic N) is 5. The molecule has 3 aromatic rings. The van der Waals surface area contributed by atoms with Crippen LogP contribution in [0.5, 0.6) is 5.75 Å². The van der Waals surface area contributed by atoms with E-state index in [4.69, 9.17) is 4.74 Å². The molecular weight excluding hydrogens is 376 g/mol. The third-order valence-electron chi connectivity index (χ3n) is 4.56. The maximum Gasteiger partial charge on any atom is 0.390 e. The molecule has 0 fully saturated rings. The normalized spacial score (nSPS) is 10.8. The van der Waals surface area contributed by atoms with Crippen LogP contribution in [0.25, 0.3) is 0 Å². The lowest BCUT2D eigenvalue weighted by Crippen LogP contribution is -2.21. The highest BCUT2D eigenvalue weighted by atomic mass is 16.6. The zero-order valence-corrected chi connectivity index (χ0v) is 16.7. The number of benzene rings is 1. The number of ether oxygens (including phenoxy) is 1. The molecule has 2 heterocycles. The van der Waals surface area contributed by atoms with Crippen molar-refractivity contribution >= 4 is 17.4 Å². The molecule has 0 aliphatic carbocycles. The van der Waals surface area contributed by atoms with Crippen molar-refractivity contribution in [3.63, 3.8) is 0 Å². The quantitative estimate of drug-likeness (QED) is 0.483. The van der Waals surface area contributed by atoms with Crippen molar-refractivity contribution in [3.8, 4) is 5.75 Å². The van der Waals surface area contributed by atoms with Crippen LogP contribution in [0, 0.1) is 30.9 Å². The van der Waals surface area contributed by atoms with Gasteiger partial charge in [-0.2, -0.15) is 9.78 Å². The molecule has 29 heavy (non-hydrogen) atoms. The summed E-state index contributed by atoms with van der Waals surface area (Å²) in [6.07, 6.45) is 0. The van der Waals surface area contributed by atoms with E-state index in [0.29, 0.717) is 23.6 Å². The number of hydrogen-bond donors (Lipinski definition) is 1. The largest absolute Gasteiger partial charge is 0.497 e. The van der Waals surface area contributed by atoms with Gasteiger partial charge in [0.25, 0.3) is 0 Å². The van der Waals surface area contributed by atoms with Crippen molar-refractivity contribution in [2.24, 2.45) is 0 Å². The Morgan fingerprint density at radius 1 is 1.21 bits per heavy atom. The van der Waals surface area contributed by atoms with E-state index in [1.165, 1.54) is 10.7 Å². The minimum absolute atomic E-state index is 0.125. The predicted octanol–water partition coefficient (Wildman–Crippen LogP) is 2.61. The smallest absolute Gasteiger partial charge is 0.390 e. The van der Waals surface area contributed by atoms with Crippen molar-refractivity contribution in [2.75, 3.05) is 12.4 Å². The number of amides is 1. The van der Waals surface area contributed by atoms with Gasteiger partial charge < -0.3 is 20.2 Å². The van der Waals surface area contributed by atoms with Crippen LogP contribution in [-0.2, 0) is 17.9 Å². The molecule has 0 radical (unpaired) electrons. The number of nitro groups is 1. The monoisotopic (exact) mass is 398 g/mol. The van der Waals surface area contributed by atoms with Gasteiger partial charge in [0, 0.05) is 0 Å². The van der Waals surface area contributed by atoms with Gasteiger partial charge in [0.1, 0.15) is 12.3 Å². The van der Waals surface area contributed by atoms with Gasteiger partial charge in [0.15, 0.2) is 0 Å². The fraction of sp³-hybridized carbons (Fsp3) is 0.316. The number of anilines is 1. The van der Waals surface area contributed by atoms with Crippen LogP contribution in [0.15, 0.2) is 30.3 Å². The Morgan fingerprint density at radius 2 is 1.97 bits per heavy atom. The Hall–Kier alpha value is -3.69. The fourth-order valence-corrected chi connectivity index (χ4v) is 3.03. The topological polar surface area (TPSA) is 117 Å². The number of aryl methyl sites for hydroxylation is 2. The zero-order chi connectivity index (χ0) is 21.1. The van der Waals surface area contributed by atoms with Crippen molar-refractivity contribution < 1.29 is 14.5 Å². The van der Waals surface area contributed by atoms with Crippen LogP contribution in [0.4, 0.5) is 11.5 Å². The first kappa shape index (κ1) is 20.1. The molecule has 0 unspecified atom stereocenters. The number of carbonyl (C=O) groups is 1. The summed E-state index contributed by atoms with van der Waals surface area (Å²) in [6.45, 7) is 5.76. The predicted molar refractivity (Wildman–Crippen MR) is 106 cm³/mol. The van der Waals surface area contributed by atoms with Crippen molar-refractivity contribution in [2.45, 2.75) is 33.9 Å². The standard InChI is InChI=1S/C19H22N6O4/c1-12-8-17(25(27)28)22-23(12)11-18(26)20-19-13(2)21-24(14(19)3)10-15-6-5-7-16(9-15)29-4/h5-9H,10-11H2,1-4H3,(H,20,26). The van der Waals surface area contributed by atoms with Gasteiger partial charge in [-0.25, -0.2) is 0 Å². The van der Waals surface area contributed by atoms with E-state index >= 15 is 0 Å². The van der Waals surface area contributed by atoms with Gasteiger partial charge in [0.2, 0.25) is 5.91 Å². The molecule has 3 rings (SSSR count). The summed E-state index contributed by atoms with van der Waals surface area (Å²) in [4.78, 5) is 22.7. The van der Waals surface area contributed by atoms with Gasteiger partial charge in [-0.1, -0.05) is 12.1 Å². The minimum Gasteiger partial charge on any atom is -0.497 e. The Morgan fingerprint density at radius 3 is 2.62 bits per heavy atom. The molecule has 1 amide bonds. The third kappa shape index (κ3) is 4.42. The van der Waals surface area contributed by atoms with E-state index in [9.17, 15) is 14.9 Å². The number of rotatable bonds is 7. The van der Waals surface area contributed by atoms with Crippen LogP contribution in [-0.4, -0.2) is 37.5 Å². The first-order valence-corrected chi connectivity index (χ1v) is 8.94. The van der Waals surface area contributed by atoms with Crippen LogP contribution in [0.2, 0.25) is 0 Å². The molecule has 0 spiro atoms. The molecule has 0 saturated carbocycles. The molecule has 152 valence electrons. The van der Waals surface area contributed by atoms with E-state index in [1.807, 2.05) is 42.8 Å². The zero-order valence-electron chi connectivity index (χ0n) is 16.7. The number of carbonyl (C=O) groups excluding carboxylic acids is 1. The van der Waals surface area contributed by atoms with E-state index in [-0.39, 0.29) is 18.3 Å². The van der Waals surface area contributed by atoms with Crippen LogP contribution in [0.1, 0.15) is 22.6 Å². The fourth-order valence-electron chi connectivity index (χ4n) is 3.03. The molecule has 2 aromatic heterocycles. The SMILES string of the molecule is COc1cccc(Cn2nc(C)c(NC(=O)Cn3nc([N+](=O)[O-])cc3C)c2C)c1. The summed E-state index contributed by atoms with van der Waals surface area (Å²) >= 11 is 0. The van der Waals surface area contributed by atoms with Crippen molar-refractivity contribution in [1.82, 2.24) is 19.6 Å². The van der Waals surface area contributed by atoms with E-state index in [2.05, 4.69) is 15.5 Å². The lowest BCUT2D eigenvalue weighted by Gasteiger charge is -2.08. The highest BCUT2D eigenvalue weighted by Crippen LogP contribution is 2.22. The lowest BCUT2D eigenvalue weighted by atomic mass is 10.2. The number of nitrogens with one attached hydrogen (secondary N) is 1. The summed E-state index contributed by atoms with van der Waals surface area (Å²) in [5.74, 6) is 0.147. The van der Waals surface area contributed by atoms with Gasteiger partial charge in [-0.3, -0.25) is 9.48 Å². The second-order valence-electron chi connectivity index (χ2n) is 6.66. The van der Waals surface area contributed by atoms with Crippen LogP contribution in [0.3, 0.4) is 0 Å². The van der Waals surface area contributed by atoms with Crippen molar-refractivity contribution in [3.05, 3.63) is 63.1 Å². The molecule has 0 aliphatic heterocycles. The minimum atomic E-state index is -0.585. The Kier molecular flexibility index (Phi) is 5.62. The maximum atomic E-state index is 12.5. The highest BCUT2D eigenvalue weighted by molar-refractivity contribution is 5.91. The molecule has 0 bridgehead atoms. The molecular formula is C19H22N6O4. The van der Waals surface area contributed by atoms with E-state index in [1.54, 1.807) is 14.0 Å². The van der Waals surface area contributed by atoms with Gasteiger partial charge >= 0.3 is 5.82 Å². The maximum absolute atomic E-state index is 12.5. The number of methoxy groups -OCH3 is 1. The molecule has 10 heteroatoms. The Balaban J connectivity index is 1.74. The second-order valence-corrected chi connectivity index (χ2v) is 6.66. The first-order valence-electron chi connectivity index (χ1n) is 8.94. The van der Waals surface area contributed by atoms with Crippen LogP contribution < -0.4 is 10.1 Å². The average Bonchev–Trinajstić information content (AvgIpc) is 3.17.